The Morgan fingerprint density at radius 2 is 1.86 bits per heavy atom. The van der Waals surface area contributed by atoms with Crippen LogP contribution in [0.15, 0.2) is 35.3 Å². The van der Waals surface area contributed by atoms with E-state index < -0.39 is 0 Å². The van der Waals surface area contributed by atoms with Gasteiger partial charge in [-0.1, -0.05) is 32.9 Å². The molecule has 2 aromatic carbocycles. The highest BCUT2D eigenvalue weighted by atomic mass is 16.5. The topological polar surface area (TPSA) is 60.9 Å². The number of fused-ring (bicyclic) bond motifs is 4. The normalized spacial score (nSPS) is 20.5. The van der Waals surface area contributed by atoms with Gasteiger partial charge in [-0.05, 0) is 54.2 Å². The molecule has 194 valence electrons. The molecular formula is C31H38N4O2. The monoisotopic (exact) mass is 498 g/mol. The molecular weight excluding hydrogens is 460 g/mol. The van der Waals surface area contributed by atoms with Gasteiger partial charge in [0.1, 0.15) is 0 Å². The fourth-order valence-corrected chi connectivity index (χ4v) is 6.75. The van der Waals surface area contributed by atoms with Crippen LogP contribution in [0.5, 0.6) is 0 Å². The Morgan fingerprint density at radius 1 is 1.11 bits per heavy atom. The van der Waals surface area contributed by atoms with Gasteiger partial charge in [-0.2, -0.15) is 0 Å². The van der Waals surface area contributed by atoms with Crippen molar-refractivity contribution >= 4 is 28.6 Å². The lowest BCUT2D eigenvalue weighted by Gasteiger charge is -2.42. The first-order valence-electron chi connectivity index (χ1n) is 13.8. The Hall–Kier alpha value is -2.96. The lowest BCUT2D eigenvalue weighted by Crippen LogP contribution is -2.49. The summed E-state index contributed by atoms with van der Waals surface area (Å²) in [6, 6.07) is 11.4. The predicted octanol–water partition coefficient (Wildman–Crippen LogP) is 4.95. The maximum atomic E-state index is 14.0. The largest absolute Gasteiger partial charge is 0.379 e. The molecule has 0 atom stereocenters. The third-order valence-corrected chi connectivity index (χ3v) is 8.84. The molecule has 0 unspecified atom stereocenters. The second-order valence-corrected chi connectivity index (χ2v) is 11.3. The number of hydrogen-bond acceptors (Lipinski definition) is 5. The summed E-state index contributed by atoms with van der Waals surface area (Å²) < 4.78 is 5.57. The Balaban J connectivity index is 1.36. The molecule has 2 aliphatic heterocycles. The first kappa shape index (κ1) is 24.4. The number of aromatic amines is 1. The summed E-state index contributed by atoms with van der Waals surface area (Å²) in [6.07, 6.45) is 5.12. The summed E-state index contributed by atoms with van der Waals surface area (Å²) in [5, 5.41) is 0.999. The summed E-state index contributed by atoms with van der Waals surface area (Å²) in [4.78, 5) is 26.9. The minimum Gasteiger partial charge on any atom is -0.379 e. The summed E-state index contributed by atoms with van der Waals surface area (Å²) >= 11 is 0. The molecule has 1 N–H and O–H groups in total. The number of aliphatic imine (C=N–C) groups is 1. The number of anilines is 1. The molecule has 2 fully saturated rings. The third kappa shape index (κ3) is 4.02. The number of ketones is 1. The van der Waals surface area contributed by atoms with Crippen LogP contribution in [-0.2, 0) is 16.6 Å². The second-order valence-electron chi connectivity index (χ2n) is 11.3. The van der Waals surface area contributed by atoms with Gasteiger partial charge in [-0.15, -0.1) is 0 Å². The first-order valence-corrected chi connectivity index (χ1v) is 13.8. The number of morpholine rings is 1. The minimum absolute atomic E-state index is 0.139. The van der Waals surface area contributed by atoms with Crippen molar-refractivity contribution in [3.63, 3.8) is 0 Å². The summed E-state index contributed by atoms with van der Waals surface area (Å²) in [5.41, 5.74) is 8.16. The van der Waals surface area contributed by atoms with Crippen LogP contribution >= 0.6 is 0 Å². The Bertz CT molecular complexity index is 1370. The van der Waals surface area contributed by atoms with E-state index in [0.717, 1.165) is 84.7 Å². The fourth-order valence-electron chi connectivity index (χ4n) is 6.75. The van der Waals surface area contributed by atoms with Gasteiger partial charge in [-0.3, -0.25) is 14.7 Å². The van der Waals surface area contributed by atoms with E-state index in [-0.39, 0.29) is 11.2 Å². The number of H-pyrrole nitrogens is 1. The van der Waals surface area contributed by atoms with Crippen molar-refractivity contribution in [2.45, 2.75) is 51.5 Å². The number of nitrogens with zero attached hydrogens (tertiary/aromatic N) is 3. The SMILES string of the molecule is CCc1cc2c(cc1N1CCC(N3CCOCC3)CC1)C(C)(C)c1[nH]c3cc(/C=N/C)ccc3c1C2=O. The van der Waals surface area contributed by atoms with Gasteiger partial charge in [0.25, 0.3) is 0 Å². The van der Waals surface area contributed by atoms with E-state index in [1.807, 2.05) is 12.3 Å². The molecule has 3 heterocycles. The number of carbonyl (C=O) groups is 1. The van der Waals surface area contributed by atoms with Crippen molar-refractivity contribution in [3.8, 4) is 0 Å². The molecule has 0 spiro atoms. The molecule has 0 saturated carbocycles. The number of benzene rings is 2. The second kappa shape index (κ2) is 9.41. The standard InChI is InChI=1S/C31H38N4O2/c1-5-21-17-24-25(18-27(21)35-10-8-22(9-11-35)34-12-14-37-15-13-34)31(2,3)30-28(29(24)36)23-7-6-20(19-32-4)16-26(23)33-30/h6-7,16-19,22,33H,5,8-15H2,1-4H3/b32-19+. The molecule has 6 heteroatoms. The summed E-state index contributed by atoms with van der Waals surface area (Å²) in [6.45, 7) is 12.6. The molecule has 3 aliphatic rings. The number of nitrogens with one attached hydrogen (secondary N) is 1. The quantitative estimate of drug-likeness (QED) is 0.517. The van der Waals surface area contributed by atoms with Crippen molar-refractivity contribution in [2.24, 2.45) is 4.99 Å². The number of aromatic nitrogens is 1. The number of ether oxygens (including phenoxy) is 1. The van der Waals surface area contributed by atoms with Crippen LogP contribution in [0.25, 0.3) is 10.9 Å². The third-order valence-electron chi connectivity index (χ3n) is 8.84. The molecule has 0 radical (unpaired) electrons. The van der Waals surface area contributed by atoms with E-state index >= 15 is 0 Å². The number of aryl methyl sites for hydroxylation is 1. The maximum absolute atomic E-state index is 14.0. The van der Waals surface area contributed by atoms with Crippen LogP contribution in [0.2, 0.25) is 0 Å². The van der Waals surface area contributed by atoms with Crippen molar-refractivity contribution in [1.29, 1.82) is 0 Å². The van der Waals surface area contributed by atoms with Gasteiger partial charge in [-0.25, -0.2) is 0 Å². The lowest BCUT2D eigenvalue weighted by atomic mass is 9.70. The molecule has 0 amide bonds. The van der Waals surface area contributed by atoms with E-state index in [4.69, 9.17) is 4.74 Å². The average molecular weight is 499 g/mol. The van der Waals surface area contributed by atoms with E-state index in [1.165, 1.54) is 24.1 Å². The lowest BCUT2D eigenvalue weighted by molar-refractivity contribution is 0.0115. The number of rotatable bonds is 4. The highest BCUT2D eigenvalue weighted by Crippen LogP contribution is 2.46. The van der Waals surface area contributed by atoms with Crippen molar-refractivity contribution in [3.05, 3.63) is 63.8 Å². The zero-order chi connectivity index (χ0) is 25.7. The van der Waals surface area contributed by atoms with Gasteiger partial charge in [0.15, 0.2) is 5.78 Å². The van der Waals surface area contributed by atoms with Crippen LogP contribution in [0.1, 0.15) is 71.9 Å². The Kier molecular flexibility index (Phi) is 6.20. The predicted molar refractivity (Wildman–Crippen MR) is 151 cm³/mol. The van der Waals surface area contributed by atoms with Gasteiger partial charge in [0.05, 0.1) is 18.8 Å². The van der Waals surface area contributed by atoms with E-state index in [2.05, 4.69) is 64.8 Å². The molecule has 1 aromatic heterocycles. The van der Waals surface area contributed by atoms with Gasteiger partial charge >= 0.3 is 0 Å². The molecule has 2 saturated heterocycles. The van der Waals surface area contributed by atoms with Gasteiger partial charge in [0, 0.05) is 78.7 Å². The molecule has 6 nitrogen and oxygen atoms in total. The van der Waals surface area contributed by atoms with Gasteiger partial charge in [0.2, 0.25) is 0 Å². The van der Waals surface area contributed by atoms with Crippen LogP contribution in [0.3, 0.4) is 0 Å². The van der Waals surface area contributed by atoms with Crippen LogP contribution < -0.4 is 4.90 Å². The molecule has 1 aliphatic carbocycles. The Labute approximate surface area is 219 Å². The van der Waals surface area contributed by atoms with Crippen LogP contribution in [0, 0.1) is 0 Å². The average Bonchev–Trinajstić information content (AvgIpc) is 3.32. The van der Waals surface area contributed by atoms with E-state index in [1.54, 1.807) is 7.05 Å². The zero-order valence-electron chi connectivity index (χ0n) is 22.6. The highest BCUT2D eigenvalue weighted by Gasteiger charge is 2.40. The first-order chi connectivity index (χ1) is 17.9. The van der Waals surface area contributed by atoms with Crippen LogP contribution in [0.4, 0.5) is 5.69 Å². The zero-order valence-corrected chi connectivity index (χ0v) is 22.6. The number of piperidine rings is 1. The smallest absolute Gasteiger partial charge is 0.195 e. The van der Waals surface area contributed by atoms with Crippen LogP contribution in [-0.4, -0.2) is 74.4 Å². The number of hydrogen-bond donors (Lipinski definition) is 1. The van der Waals surface area contributed by atoms with Crippen molar-refractivity contribution in [1.82, 2.24) is 9.88 Å². The minimum atomic E-state index is -0.302. The molecule has 6 rings (SSSR count). The van der Waals surface area contributed by atoms with E-state index in [9.17, 15) is 4.79 Å². The maximum Gasteiger partial charge on any atom is 0.195 e. The highest BCUT2D eigenvalue weighted by molar-refractivity contribution is 6.20. The number of carbonyl (C=O) groups excluding carboxylic acids is 1. The van der Waals surface area contributed by atoms with Crippen molar-refractivity contribution in [2.75, 3.05) is 51.3 Å². The summed E-state index contributed by atoms with van der Waals surface area (Å²) in [7, 11) is 1.78. The molecule has 0 bridgehead atoms. The Morgan fingerprint density at radius 3 is 2.57 bits per heavy atom. The summed E-state index contributed by atoms with van der Waals surface area (Å²) in [5.74, 6) is 0.139. The molecule has 3 aromatic rings. The van der Waals surface area contributed by atoms with Gasteiger partial charge < -0.3 is 14.6 Å². The van der Waals surface area contributed by atoms with Crippen molar-refractivity contribution < 1.29 is 9.53 Å². The fraction of sp³-hybridized carbons (Fsp3) is 0.484. The van der Waals surface area contributed by atoms with E-state index in [0.29, 0.717) is 6.04 Å². The molecule has 37 heavy (non-hydrogen) atoms.